The quantitative estimate of drug-likeness (QED) is 0.165. The van der Waals surface area contributed by atoms with Crippen LogP contribution in [0.4, 0.5) is 0 Å². The van der Waals surface area contributed by atoms with E-state index in [1.54, 1.807) is 42.7 Å². The summed E-state index contributed by atoms with van der Waals surface area (Å²) < 4.78 is 55.1. The Morgan fingerprint density at radius 2 is 1.95 bits per heavy atom. The molecule has 1 aliphatic rings. The van der Waals surface area contributed by atoms with Gasteiger partial charge >= 0.3 is 0 Å². The molecule has 2 atom stereocenters. The molecule has 1 unspecified atom stereocenters. The standard InChI is InChI=1S/C21H24ClN5O6S4/c22-15-3-1-14(2-4-15)18-5-6-20(35-18)37(32,33)27-10-9-26(12-17(27)21(28)25-29)36(30,31)13-16(34)11-19-23-7-8-24-19/h1-8,16-17,29,34H,9-13H2,(H,23,24)(H,25,28)/t16?,17-/m1/s1. The van der Waals surface area contributed by atoms with Gasteiger partial charge in [0.25, 0.3) is 15.9 Å². The number of amides is 1. The highest BCUT2D eigenvalue weighted by Crippen LogP contribution is 2.34. The van der Waals surface area contributed by atoms with Crippen molar-refractivity contribution in [2.45, 2.75) is 21.9 Å². The molecule has 1 aromatic carbocycles. The van der Waals surface area contributed by atoms with Crippen LogP contribution in [0.1, 0.15) is 5.82 Å². The van der Waals surface area contributed by atoms with Gasteiger partial charge in [-0.2, -0.15) is 21.2 Å². The highest BCUT2D eigenvalue weighted by atomic mass is 35.5. The summed E-state index contributed by atoms with van der Waals surface area (Å²) in [6, 6.07) is 8.51. The molecule has 16 heteroatoms. The van der Waals surface area contributed by atoms with Gasteiger partial charge in [-0.05, 0) is 29.8 Å². The third kappa shape index (κ3) is 6.37. The smallest absolute Gasteiger partial charge is 0.263 e. The lowest BCUT2D eigenvalue weighted by molar-refractivity contribution is -0.134. The molecule has 3 aromatic rings. The minimum atomic E-state index is -4.18. The highest BCUT2D eigenvalue weighted by molar-refractivity contribution is 7.91. The van der Waals surface area contributed by atoms with E-state index in [2.05, 4.69) is 22.6 Å². The number of H-pyrrole nitrogens is 1. The lowest BCUT2D eigenvalue weighted by atomic mass is 10.2. The molecule has 1 aliphatic heterocycles. The summed E-state index contributed by atoms with van der Waals surface area (Å²) in [6.45, 7) is -0.888. The zero-order valence-electron chi connectivity index (χ0n) is 19.2. The first-order valence-corrected chi connectivity index (χ1v) is 15.7. The van der Waals surface area contributed by atoms with Crippen LogP contribution in [0.2, 0.25) is 5.02 Å². The lowest BCUT2D eigenvalue weighted by Gasteiger charge is -2.38. The van der Waals surface area contributed by atoms with Crippen LogP contribution >= 0.6 is 35.6 Å². The maximum Gasteiger partial charge on any atom is 0.263 e. The number of thiol groups is 1. The van der Waals surface area contributed by atoms with Gasteiger partial charge in [0.05, 0.1) is 5.75 Å². The van der Waals surface area contributed by atoms with Crippen molar-refractivity contribution in [3.63, 3.8) is 0 Å². The number of aromatic amines is 1. The number of nitrogens with one attached hydrogen (secondary N) is 2. The predicted molar refractivity (Wildman–Crippen MR) is 143 cm³/mol. The third-order valence-electron chi connectivity index (χ3n) is 5.76. The van der Waals surface area contributed by atoms with Crippen molar-refractivity contribution in [3.8, 4) is 10.4 Å². The Kier molecular flexibility index (Phi) is 8.65. The molecular weight excluding hydrogens is 582 g/mol. The molecule has 2 aromatic heterocycles. The molecule has 200 valence electrons. The van der Waals surface area contributed by atoms with Gasteiger partial charge in [0.1, 0.15) is 16.1 Å². The second-order valence-corrected chi connectivity index (χ2v) is 14.6. The molecule has 11 nitrogen and oxygen atoms in total. The van der Waals surface area contributed by atoms with Crippen molar-refractivity contribution in [2.75, 3.05) is 25.4 Å². The van der Waals surface area contributed by atoms with Crippen LogP contribution < -0.4 is 5.48 Å². The summed E-state index contributed by atoms with van der Waals surface area (Å²) in [5, 5.41) is 9.24. The van der Waals surface area contributed by atoms with E-state index in [1.807, 2.05) is 0 Å². The first-order chi connectivity index (χ1) is 17.5. The number of carbonyl (C=O) groups is 1. The van der Waals surface area contributed by atoms with E-state index in [1.165, 1.54) is 11.5 Å². The van der Waals surface area contributed by atoms with E-state index in [4.69, 9.17) is 11.6 Å². The highest BCUT2D eigenvalue weighted by Gasteiger charge is 2.43. The van der Waals surface area contributed by atoms with Crippen LogP contribution in [0.3, 0.4) is 0 Å². The van der Waals surface area contributed by atoms with Crippen molar-refractivity contribution >= 4 is 61.5 Å². The van der Waals surface area contributed by atoms with Gasteiger partial charge in [0.15, 0.2) is 0 Å². The molecule has 0 saturated carbocycles. The predicted octanol–water partition coefficient (Wildman–Crippen LogP) is 1.84. The van der Waals surface area contributed by atoms with Crippen LogP contribution in [-0.4, -0.2) is 83.2 Å². The van der Waals surface area contributed by atoms with E-state index in [-0.39, 0.29) is 29.5 Å². The van der Waals surface area contributed by atoms with E-state index in [0.717, 1.165) is 25.5 Å². The van der Waals surface area contributed by atoms with Crippen LogP contribution in [0.25, 0.3) is 10.4 Å². The third-order valence-corrected chi connectivity index (χ3v) is 12.1. The SMILES string of the molecule is O=C(NO)[C@H]1CN(S(=O)(=O)CC(S)Cc2ncc[nH]2)CCN1S(=O)(=O)c1ccc(-c2ccc(Cl)cc2)s1. The Hall–Kier alpha value is -1.98. The molecule has 3 heterocycles. The summed E-state index contributed by atoms with van der Waals surface area (Å²) in [6.07, 6.45) is 3.45. The molecule has 1 amide bonds. The summed E-state index contributed by atoms with van der Waals surface area (Å²) in [7, 11) is -8.09. The van der Waals surface area contributed by atoms with E-state index in [0.29, 0.717) is 15.7 Å². The number of benzene rings is 1. The number of thiophene rings is 1. The van der Waals surface area contributed by atoms with Gasteiger partial charge < -0.3 is 4.98 Å². The van der Waals surface area contributed by atoms with Crippen LogP contribution in [0.15, 0.2) is 53.0 Å². The largest absolute Gasteiger partial charge is 0.349 e. The van der Waals surface area contributed by atoms with Gasteiger partial charge in [0.2, 0.25) is 10.0 Å². The zero-order chi connectivity index (χ0) is 26.8. The first kappa shape index (κ1) is 28.0. The fraction of sp³-hybridized carbons (Fsp3) is 0.333. The number of hydrogen-bond acceptors (Lipinski definition) is 9. The summed E-state index contributed by atoms with van der Waals surface area (Å²) in [5.74, 6) is -0.791. The lowest BCUT2D eigenvalue weighted by Crippen LogP contribution is -2.61. The average molecular weight is 606 g/mol. The van der Waals surface area contributed by atoms with Gasteiger partial charge in [-0.3, -0.25) is 10.0 Å². The Bertz CT molecular complexity index is 1440. The van der Waals surface area contributed by atoms with E-state index in [9.17, 15) is 26.8 Å². The van der Waals surface area contributed by atoms with Crippen molar-refractivity contribution in [1.82, 2.24) is 24.1 Å². The number of hydrogen-bond donors (Lipinski definition) is 4. The van der Waals surface area contributed by atoms with Crippen molar-refractivity contribution in [3.05, 3.63) is 59.6 Å². The number of imidazole rings is 1. The molecule has 0 aliphatic carbocycles. The summed E-state index contributed by atoms with van der Waals surface area (Å²) in [5.41, 5.74) is 2.23. The molecule has 37 heavy (non-hydrogen) atoms. The van der Waals surface area contributed by atoms with E-state index >= 15 is 0 Å². The number of rotatable bonds is 9. The van der Waals surface area contributed by atoms with E-state index < -0.39 is 43.8 Å². The molecule has 0 bridgehead atoms. The molecule has 1 saturated heterocycles. The summed E-state index contributed by atoms with van der Waals surface area (Å²) in [4.78, 5) is 20.1. The Labute approximate surface area is 228 Å². The molecule has 3 N–H and O–H groups in total. The van der Waals surface area contributed by atoms with Crippen molar-refractivity contribution < 1.29 is 26.8 Å². The molecule has 4 rings (SSSR count). The Morgan fingerprint density at radius 1 is 1.22 bits per heavy atom. The minimum absolute atomic E-state index is 0.0154. The van der Waals surface area contributed by atoms with Crippen LogP contribution in [0.5, 0.6) is 0 Å². The molecular formula is C21H24ClN5O6S4. The van der Waals surface area contributed by atoms with Gasteiger partial charge in [-0.15, -0.1) is 11.3 Å². The second kappa shape index (κ2) is 11.4. The number of sulfonamides is 2. The molecule has 0 radical (unpaired) electrons. The first-order valence-electron chi connectivity index (χ1n) is 11.0. The Balaban J connectivity index is 1.53. The number of aromatic nitrogens is 2. The minimum Gasteiger partial charge on any atom is -0.349 e. The Morgan fingerprint density at radius 3 is 2.59 bits per heavy atom. The normalized spacial score (nSPS) is 18.5. The molecule has 0 spiro atoms. The number of piperazine rings is 1. The maximum atomic E-state index is 13.5. The van der Waals surface area contributed by atoms with Crippen LogP contribution in [-0.2, 0) is 31.3 Å². The van der Waals surface area contributed by atoms with Crippen molar-refractivity contribution in [2.24, 2.45) is 0 Å². The van der Waals surface area contributed by atoms with Gasteiger partial charge in [-0.1, -0.05) is 23.7 Å². The topological polar surface area (TPSA) is 153 Å². The molecule has 1 fully saturated rings. The number of halogens is 1. The van der Waals surface area contributed by atoms with Crippen molar-refractivity contribution in [1.29, 1.82) is 0 Å². The second-order valence-electron chi connectivity index (χ2n) is 8.26. The zero-order valence-corrected chi connectivity index (χ0v) is 23.3. The monoisotopic (exact) mass is 605 g/mol. The fourth-order valence-corrected chi connectivity index (χ4v) is 9.37. The van der Waals surface area contributed by atoms with Gasteiger partial charge in [-0.25, -0.2) is 27.3 Å². The number of carbonyl (C=O) groups excluding carboxylic acids is 1. The van der Waals surface area contributed by atoms with Crippen LogP contribution in [0, 0.1) is 0 Å². The summed E-state index contributed by atoms with van der Waals surface area (Å²) >= 11 is 11.3. The fourth-order valence-electron chi connectivity index (χ4n) is 3.95. The average Bonchev–Trinajstić information content (AvgIpc) is 3.56. The van der Waals surface area contributed by atoms with Gasteiger partial charge in [0, 0.05) is 53.6 Å². The number of nitrogens with zero attached hydrogens (tertiary/aromatic N) is 3. The maximum absolute atomic E-state index is 13.5. The number of hydroxylamine groups is 1.